The Morgan fingerprint density at radius 3 is 2.79 bits per heavy atom. The van der Waals surface area contributed by atoms with E-state index >= 15 is 0 Å². The van der Waals surface area contributed by atoms with Crippen LogP contribution in [-0.2, 0) is 6.54 Å². The number of nitrogens with zero attached hydrogens (tertiary/aromatic N) is 1. The summed E-state index contributed by atoms with van der Waals surface area (Å²) in [6, 6.07) is 13.4. The van der Waals surface area contributed by atoms with E-state index in [-0.39, 0.29) is 0 Å². The van der Waals surface area contributed by atoms with Crippen LogP contribution in [-0.4, -0.2) is 0 Å². The molecule has 2 nitrogen and oxygen atoms in total. The molecule has 0 unspecified atom stereocenters. The third kappa shape index (κ3) is 3.50. The average molecular weight is 336 g/mol. The van der Waals surface area contributed by atoms with Gasteiger partial charge in [-0.25, -0.2) is 0 Å². The summed E-state index contributed by atoms with van der Waals surface area (Å²) < 4.78 is 1.01. The highest BCUT2D eigenvalue weighted by molar-refractivity contribution is 9.10. The second-order valence-corrected chi connectivity index (χ2v) is 5.52. The monoisotopic (exact) mass is 334 g/mol. The first-order chi connectivity index (χ1) is 9.10. The smallest absolute Gasteiger partial charge is 0.0992 e. The number of nitrogens with one attached hydrogen (secondary N) is 1. The van der Waals surface area contributed by atoms with E-state index in [0.29, 0.717) is 17.1 Å². The van der Waals surface area contributed by atoms with Crippen LogP contribution in [0.5, 0.6) is 0 Å². The van der Waals surface area contributed by atoms with Crippen LogP contribution in [0.3, 0.4) is 0 Å². The topological polar surface area (TPSA) is 35.8 Å². The van der Waals surface area contributed by atoms with Gasteiger partial charge in [-0.05, 0) is 48.4 Å². The van der Waals surface area contributed by atoms with Crippen LogP contribution in [0.1, 0.15) is 16.7 Å². The zero-order chi connectivity index (χ0) is 13.8. The van der Waals surface area contributed by atoms with Crippen LogP contribution in [0.2, 0.25) is 5.02 Å². The number of anilines is 1. The first-order valence-corrected chi connectivity index (χ1v) is 6.96. The number of hydrogen-bond donors (Lipinski definition) is 1. The average Bonchev–Trinajstić information content (AvgIpc) is 2.41. The molecule has 2 rings (SSSR count). The lowest BCUT2D eigenvalue weighted by molar-refractivity contribution is 1.13. The second-order valence-electron chi connectivity index (χ2n) is 4.23. The van der Waals surface area contributed by atoms with Gasteiger partial charge >= 0.3 is 0 Å². The molecule has 0 saturated heterocycles. The molecule has 0 aromatic heterocycles. The van der Waals surface area contributed by atoms with Crippen LogP contribution in [0, 0.1) is 18.3 Å². The van der Waals surface area contributed by atoms with E-state index in [1.54, 1.807) is 0 Å². The van der Waals surface area contributed by atoms with Crippen molar-refractivity contribution >= 4 is 33.2 Å². The normalized spacial score (nSPS) is 10.0. The van der Waals surface area contributed by atoms with Gasteiger partial charge in [0.15, 0.2) is 0 Å². The Kier molecular flexibility index (Phi) is 4.47. The Labute approximate surface area is 126 Å². The summed E-state index contributed by atoms with van der Waals surface area (Å²) in [6.45, 7) is 2.66. The molecule has 0 atom stereocenters. The summed E-state index contributed by atoms with van der Waals surface area (Å²) in [4.78, 5) is 0. The Hall–Kier alpha value is -1.50. The van der Waals surface area contributed by atoms with Crippen molar-refractivity contribution in [2.75, 3.05) is 5.32 Å². The van der Waals surface area contributed by atoms with E-state index in [2.05, 4.69) is 27.3 Å². The molecule has 0 aliphatic heterocycles. The highest BCUT2D eigenvalue weighted by Gasteiger charge is 2.03. The number of benzene rings is 2. The first-order valence-electron chi connectivity index (χ1n) is 5.78. The number of halogens is 2. The van der Waals surface area contributed by atoms with Gasteiger partial charge in [0.1, 0.15) is 0 Å². The van der Waals surface area contributed by atoms with Crippen molar-refractivity contribution in [1.82, 2.24) is 0 Å². The summed E-state index contributed by atoms with van der Waals surface area (Å²) in [6.07, 6.45) is 0. The molecule has 0 aliphatic rings. The molecule has 0 saturated carbocycles. The molecule has 0 aliphatic carbocycles. The van der Waals surface area contributed by atoms with Gasteiger partial charge in [-0.1, -0.05) is 33.6 Å². The number of aryl methyl sites for hydroxylation is 1. The molecule has 0 heterocycles. The zero-order valence-electron chi connectivity index (χ0n) is 10.4. The van der Waals surface area contributed by atoms with E-state index in [1.165, 1.54) is 0 Å². The minimum atomic E-state index is 0.650. The Bertz CT molecular complexity index is 647. The van der Waals surface area contributed by atoms with Crippen molar-refractivity contribution in [3.63, 3.8) is 0 Å². The van der Waals surface area contributed by atoms with E-state index < -0.39 is 0 Å². The lowest BCUT2D eigenvalue weighted by atomic mass is 10.1. The number of rotatable bonds is 3. The molecule has 0 fully saturated rings. The Balaban J connectivity index is 2.19. The third-order valence-electron chi connectivity index (χ3n) is 2.84. The third-order valence-corrected chi connectivity index (χ3v) is 3.85. The van der Waals surface area contributed by atoms with E-state index in [9.17, 15) is 0 Å². The van der Waals surface area contributed by atoms with E-state index in [1.807, 2.05) is 43.3 Å². The van der Waals surface area contributed by atoms with Crippen molar-refractivity contribution in [3.8, 4) is 6.07 Å². The molecule has 2 aromatic rings. The molecule has 96 valence electrons. The molecule has 19 heavy (non-hydrogen) atoms. The molecule has 0 spiro atoms. The SMILES string of the molecule is Cc1ccc(C#N)cc1NCc1cc(Cl)ccc1Br. The van der Waals surface area contributed by atoms with Gasteiger partial charge < -0.3 is 5.32 Å². The van der Waals surface area contributed by atoms with Crippen LogP contribution in [0.25, 0.3) is 0 Å². The zero-order valence-corrected chi connectivity index (χ0v) is 12.7. The fraction of sp³-hybridized carbons (Fsp3) is 0.133. The molecule has 1 N–H and O–H groups in total. The maximum Gasteiger partial charge on any atom is 0.0992 e. The second kappa shape index (κ2) is 6.10. The summed E-state index contributed by atoms with van der Waals surface area (Å²) in [5.74, 6) is 0. The predicted octanol–water partition coefficient (Wildman–Crippen LogP) is 4.89. The van der Waals surface area contributed by atoms with Crippen molar-refractivity contribution < 1.29 is 0 Å². The molecule has 4 heteroatoms. The summed E-state index contributed by atoms with van der Waals surface area (Å²) in [5, 5.41) is 13.0. The lowest BCUT2D eigenvalue weighted by Crippen LogP contribution is -2.02. The van der Waals surface area contributed by atoms with Crippen LogP contribution in [0.4, 0.5) is 5.69 Å². The first kappa shape index (κ1) is 13.9. The van der Waals surface area contributed by atoms with Gasteiger partial charge in [0, 0.05) is 21.7 Å². The van der Waals surface area contributed by atoms with Gasteiger partial charge in [0.2, 0.25) is 0 Å². The molecule has 0 radical (unpaired) electrons. The molecule has 0 bridgehead atoms. The molecule has 0 amide bonds. The maximum absolute atomic E-state index is 8.92. The Morgan fingerprint density at radius 1 is 1.26 bits per heavy atom. The van der Waals surface area contributed by atoms with Crippen molar-refractivity contribution in [2.24, 2.45) is 0 Å². The molecular weight excluding hydrogens is 324 g/mol. The standard InChI is InChI=1S/C15H12BrClN2/c1-10-2-3-11(8-18)6-15(10)19-9-12-7-13(17)4-5-14(12)16/h2-7,19H,9H2,1H3. The predicted molar refractivity (Wildman–Crippen MR) is 82.4 cm³/mol. The quantitative estimate of drug-likeness (QED) is 0.866. The minimum Gasteiger partial charge on any atom is -0.381 e. The van der Waals surface area contributed by atoms with Crippen LogP contribution >= 0.6 is 27.5 Å². The van der Waals surface area contributed by atoms with Gasteiger partial charge in [-0.3, -0.25) is 0 Å². The highest BCUT2D eigenvalue weighted by Crippen LogP contribution is 2.23. The fourth-order valence-electron chi connectivity index (χ4n) is 1.75. The van der Waals surface area contributed by atoms with Gasteiger partial charge in [-0.2, -0.15) is 5.26 Å². The lowest BCUT2D eigenvalue weighted by Gasteiger charge is -2.11. The van der Waals surface area contributed by atoms with Crippen LogP contribution < -0.4 is 5.32 Å². The summed E-state index contributed by atoms with van der Waals surface area (Å²) in [7, 11) is 0. The van der Waals surface area contributed by atoms with Crippen molar-refractivity contribution in [2.45, 2.75) is 13.5 Å². The summed E-state index contributed by atoms with van der Waals surface area (Å²) in [5.41, 5.74) is 3.80. The minimum absolute atomic E-state index is 0.650. The number of hydrogen-bond acceptors (Lipinski definition) is 2. The fourth-order valence-corrected chi connectivity index (χ4v) is 2.33. The maximum atomic E-state index is 8.92. The van der Waals surface area contributed by atoms with Gasteiger partial charge in [0.05, 0.1) is 11.6 Å². The van der Waals surface area contributed by atoms with Gasteiger partial charge in [0.25, 0.3) is 0 Å². The largest absolute Gasteiger partial charge is 0.381 e. The Morgan fingerprint density at radius 2 is 2.05 bits per heavy atom. The summed E-state index contributed by atoms with van der Waals surface area (Å²) >= 11 is 9.49. The molecular formula is C15H12BrClN2. The van der Waals surface area contributed by atoms with Gasteiger partial charge in [-0.15, -0.1) is 0 Å². The van der Waals surface area contributed by atoms with Crippen molar-refractivity contribution in [1.29, 1.82) is 5.26 Å². The number of nitriles is 1. The molecule has 2 aromatic carbocycles. The van der Waals surface area contributed by atoms with Crippen LogP contribution in [0.15, 0.2) is 40.9 Å². The van der Waals surface area contributed by atoms with Crippen molar-refractivity contribution in [3.05, 3.63) is 62.6 Å². The van der Waals surface area contributed by atoms with E-state index in [4.69, 9.17) is 16.9 Å². The van der Waals surface area contributed by atoms with E-state index in [0.717, 1.165) is 21.3 Å². The highest BCUT2D eigenvalue weighted by atomic mass is 79.9.